The van der Waals surface area contributed by atoms with Crippen molar-refractivity contribution < 1.29 is 9.15 Å². The van der Waals surface area contributed by atoms with Crippen LogP contribution in [0, 0.1) is 5.92 Å². The van der Waals surface area contributed by atoms with Crippen LogP contribution in [0.2, 0.25) is 0 Å². The van der Waals surface area contributed by atoms with Crippen LogP contribution in [-0.2, 0) is 4.74 Å². The highest BCUT2D eigenvalue weighted by molar-refractivity contribution is 5.74. The Morgan fingerprint density at radius 3 is 3.19 bits per heavy atom. The summed E-state index contributed by atoms with van der Waals surface area (Å²) in [5.74, 6) is 0.644. The van der Waals surface area contributed by atoms with Gasteiger partial charge in [0.25, 0.3) is 6.01 Å². The molecule has 1 N–H and O–H groups in total. The summed E-state index contributed by atoms with van der Waals surface area (Å²) >= 11 is 0. The van der Waals surface area contributed by atoms with Crippen molar-refractivity contribution in [1.29, 1.82) is 0 Å². The van der Waals surface area contributed by atoms with Gasteiger partial charge in [-0.25, -0.2) is 0 Å². The molecule has 1 aromatic carbocycles. The van der Waals surface area contributed by atoms with E-state index in [4.69, 9.17) is 9.15 Å². The number of nitrogens with zero attached hydrogens (tertiary/aromatic N) is 2. The predicted molar refractivity (Wildman–Crippen MR) is 83.7 cm³/mol. The number of benzene rings is 1. The summed E-state index contributed by atoms with van der Waals surface area (Å²) in [5, 5.41) is 3.45. The second-order valence-electron chi connectivity index (χ2n) is 5.62. The molecule has 0 saturated carbocycles. The standard InChI is InChI=1S/C16H23N3O2/c1-20-10-8-17-11-13-5-4-9-19(12-13)16-18-14-6-2-3-7-15(14)21-16/h2-3,6-7,13,17H,4-5,8-12H2,1H3. The summed E-state index contributed by atoms with van der Waals surface area (Å²) in [7, 11) is 1.73. The quantitative estimate of drug-likeness (QED) is 0.827. The lowest BCUT2D eigenvalue weighted by atomic mass is 9.98. The number of methoxy groups -OCH3 is 1. The lowest BCUT2D eigenvalue weighted by Crippen LogP contribution is -2.40. The molecule has 1 saturated heterocycles. The van der Waals surface area contributed by atoms with E-state index in [1.807, 2.05) is 24.3 Å². The van der Waals surface area contributed by atoms with Crippen LogP contribution in [0.25, 0.3) is 11.1 Å². The molecular weight excluding hydrogens is 266 g/mol. The monoisotopic (exact) mass is 289 g/mol. The highest BCUT2D eigenvalue weighted by atomic mass is 16.5. The summed E-state index contributed by atoms with van der Waals surface area (Å²) < 4.78 is 10.9. The van der Waals surface area contributed by atoms with Gasteiger partial charge in [-0.1, -0.05) is 12.1 Å². The maximum absolute atomic E-state index is 5.87. The molecule has 1 aliphatic heterocycles. The van der Waals surface area contributed by atoms with Crippen LogP contribution in [0.1, 0.15) is 12.8 Å². The van der Waals surface area contributed by atoms with E-state index in [0.717, 1.165) is 49.9 Å². The number of hydrogen-bond donors (Lipinski definition) is 1. The van der Waals surface area contributed by atoms with Gasteiger partial charge >= 0.3 is 0 Å². The zero-order valence-corrected chi connectivity index (χ0v) is 12.5. The Kier molecular flexibility index (Phi) is 4.72. The zero-order chi connectivity index (χ0) is 14.5. The fourth-order valence-corrected chi connectivity index (χ4v) is 2.88. The fourth-order valence-electron chi connectivity index (χ4n) is 2.88. The van der Waals surface area contributed by atoms with Crippen LogP contribution >= 0.6 is 0 Å². The Hall–Kier alpha value is -1.59. The topological polar surface area (TPSA) is 50.5 Å². The molecule has 21 heavy (non-hydrogen) atoms. The Bertz CT molecular complexity index is 536. The minimum absolute atomic E-state index is 0.644. The van der Waals surface area contributed by atoms with Crippen LogP contribution < -0.4 is 10.2 Å². The van der Waals surface area contributed by atoms with Gasteiger partial charge in [0, 0.05) is 26.7 Å². The Morgan fingerprint density at radius 2 is 2.33 bits per heavy atom. The first-order valence-electron chi connectivity index (χ1n) is 7.67. The van der Waals surface area contributed by atoms with Crippen LogP contribution in [-0.4, -0.2) is 44.9 Å². The van der Waals surface area contributed by atoms with Gasteiger partial charge in [0.1, 0.15) is 5.52 Å². The van der Waals surface area contributed by atoms with Crippen molar-refractivity contribution in [3.8, 4) is 0 Å². The van der Waals surface area contributed by atoms with Crippen LogP contribution in [0.5, 0.6) is 0 Å². The summed E-state index contributed by atoms with van der Waals surface area (Å²) in [6.45, 7) is 4.74. The molecule has 0 aliphatic carbocycles. The van der Waals surface area contributed by atoms with Gasteiger partial charge in [0.05, 0.1) is 6.61 Å². The molecule has 1 aromatic heterocycles. The predicted octanol–water partition coefficient (Wildman–Crippen LogP) is 2.28. The molecule has 2 heterocycles. The third-order valence-corrected chi connectivity index (χ3v) is 3.99. The second kappa shape index (κ2) is 6.91. The van der Waals surface area contributed by atoms with Crippen molar-refractivity contribution in [3.63, 3.8) is 0 Å². The number of rotatable bonds is 6. The first-order valence-corrected chi connectivity index (χ1v) is 7.67. The Balaban J connectivity index is 1.60. The Labute approximate surface area is 125 Å². The van der Waals surface area contributed by atoms with Gasteiger partial charge < -0.3 is 19.4 Å². The lowest BCUT2D eigenvalue weighted by molar-refractivity contribution is 0.197. The molecule has 0 amide bonds. The molecule has 3 rings (SSSR count). The number of fused-ring (bicyclic) bond motifs is 1. The average Bonchev–Trinajstić information content (AvgIpc) is 2.96. The minimum Gasteiger partial charge on any atom is -0.423 e. The molecule has 1 aliphatic rings. The van der Waals surface area contributed by atoms with E-state index in [0.29, 0.717) is 5.92 Å². The van der Waals surface area contributed by atoms with Crippen molar-refractivity contribution in [3.05, 3.63) is 24.3 Å². The third-order valence-electron chi connectivity index (χ3n) is 3.99. The molecule has 1 unspecified atom stereocenters. The summed E-state index contributed by atoms with van der Waals surface area (Å²) in [6.07, 6.45) is 2.45. The number of oxazole rings is 1. The highest BCUT2D eigenvalue weighted by Gasteiger charge is 2.23. The Morgan fingerprint density at radius 1 is 1.43 bits per heavy atom. The van der Waals surface area contributed by atoms with E-state index in [1.54, 1.807) is 7.11 Å². The van der Waals surface area contributed by atoms with E-state index < -0.39 is 0 Å². The molecule has 1 atom stereocenters. The van der Waals surface area contributed by atoms with Gasteiger partial charge in [-0.3, -0.25) is 0 Å². The van der Waals surface area contributed by atoms with Gasteiger partial charge in [0.15, 0.2) is 5.58 Å². The van der Waals surface area contributed by atoms with E-state index in [9.17, 15) is 0 Å². The van der Waals surface area contributed by atoms with Crippen molar-refractivity contribution in [2.45, 2.75) is 12.8 Å². The number of anilines is 1. The van der Waals surface area contributed by atoms with Crippen LogP contribution in [0.4, 0.5) is 6.01 Å². The maximum Gasteiger partial charge on any atom is 0.298 e. The van der Waals surface area contributed by atoms with Gasteiger partial charge in [-0.15, -0.1) is 0 Å². The molecule has 0 bridgehead atoms. The van der Waals surface area contributed by atoms with E-state index in [-0.39, 0.29) is 0 Å². The highest BCUT2D eigenvalue weighted by Crippen LogP contribution is 2.25. The third kappa shape index (κ3) is 3.54. The number of aromatic nitrogens is 1. The fraction of sp³-hybridized carbons (Fsp3) is 0.562. The largest absolute Gasteiger partial charge is 0.423 e. The average molecular weight is 289 g/mol. The van der Waals surface area contributed by atoms with Crippen LogP contribution in [0.15, 0.2) is 28.7 Å². The van der Waals surface area contributed by atoms with E-state index in [2.05, 4.69) is 15.2 Å². The number of para-hydroxylation sites is 2. The molecule has 1 fully saturated rings. The summed E-state index contributed by atoms with van der Waals surface area (Å²) in [5.41, 5.74) is 1.81. The number of hydrogen-bond acceptors (Lipinski definition) is 5. The maximum atomic E-state index is 5.87. The van der Waals surface area contributed by atoms with Crippen molar-refractivity contribution in [2.24, 2.45) is 5.92 Å². The van der Waals surface area contributed by atoms with Gasteiger partial charge in [-0.2, -0.15) is 4.98 Å². The normalized spacial score (nSPS) is 19.3. The number of nitrogens with one attached hydrogen (secondary N) is 1. The number of ether oxygens (including phenoxy) is 1. The molecular formula is C16H23N3O2. The molecule has 5 nitrogen and oxygen atoms in total. The summed E-state index contributed by atoms with van der Waals surface area (Å²) in [4.78, 5) is 6.87. The number of piperidine rings is 1. The SMILES string of the molecule is COCCNCC1CCCN(c2nc3ccccc3o2)C1. The zero-order valence-electron chi connectivity index (χ0n) is 12.5. The molecule has 5 heteroatoms. The van der Waals surface area contributed by atoms with Crippen molar-refractivity contribution >= 4 is 17.1 Å². The van der Waals surface area contributed by atoms with E-state index >= 15 is 0 Å². The first-order chi connectivity index (χ1) is 10.4. The van der Waals surface area contributed by atoms with E-state index in [1.165, 1.54) is 12.8 Å². The molecule has 114 valence electrons. The van der Waals surface area contributed by atoms with Gasteiger partial charge in [-0.05, 0) is 37.4 Å². The van der Waals surface area contributed by atoms with Crippen LogP contribution in [0.3, 0.4) is 0 Å². The van der Waals surface area contributed by atoms with Crippen molar-refractivity contribution in [2.75, 3.05) is 44.8 Å². The summed E-state index contributed by atoms with van der Waals surface area (Å²) in [6, 6.07) is 8.71. The smallest absolute Gasteiger partial charge is 0.298 e. The lowest BCUT2D eigenvalue weighted by Gasteiger charge is -2.31. The molecule has 0 spiro atoms. The second-order valence-corrected chi connectivity index (χ2v) is 5.62. The van der Waals surface area contributed by atoms with Crippen molar-refractivity contribution in [1.82, 2.24) is 10.3 Å². The first kappa shape index (κ1) is 14.4. The minimum atomic E-state index is 0.644. The van der Waals surface area contributed by atoms with Gasteiger partial charge in [0.2, 0.25) is 0 Å². The molecule has 2 aromatic rings. The molecule has 0 radical (unpaired) electrons.